The van der Waals surface area contributed by atoms with E-state index < -0.39 is 0 Å². The fourth-order valence-electron chi connectivity index (χ4n) is 1.73. The minimum atomic E-state index is -0.220. The molecular formula is C14H14BrNO3. The maximum absolute atomic E-state index is 11.0. The molecule has 1 heterocycles. The third-order valence-corrected chi connectivity index (χ3v) is 3.38. The topological polar surface area (TPSA) is 48.4 Å². The number of hydrogen-bond acceptors (Lipinski definition) is 4. The van der Waals surface area contributed by atoms with Crippen LogP contribution in [0.2, 0.25) is 0 Å². The molecule has 0 aliphatic heterocycles. The van der Waals surface area contributed by atoms with Gasteiger partial charge in [0, 0.05) is 22.5 Å². The first kappa shape index (κ1) is 13.8. The van der Waals surface area contributed by atoms with Gasteiger partial charge in [-0.1, -0.05) is 22.0 Å². The van der Waals surface area contributed by atoms with Crippen molar-refractivity contribution < 1.29 is 14.3 Å². The number of nitrogens with zero attached hydrogens (tertiary/aromatic N) is 1. The molecule has 0 unspecified atom stereocenters. The van der Waals surface area contributed by atoms with E-state index in [0.717, 1.165) is 21.1 Å². The van der Waals surface area contributed by atoms with Crippen molar-refractivity contribution in [2.45, 2.75) is 12.8 Å². The largest absolute Gasteiger partial charge is 0.491 e. The molecule has 0 radical (unpaired) electrons. The lowest BCUT2D eigenvalue weighted by atomic mass is 10.2. The number of methoxy groups -OCH3 is 1. The summed E-state index contributed by atoms with van der Waals surface area (Å²) in [6.07, 6.45) is 2.71. The van der Waals surface area contributed by atoms with Crippen molar-refractivity contribution in [3.05, 3.63) is 34.9 Å². The van der Waals surface area contributed by atoms with Gasteiger partial charge < -0.3 is 9.47 Å². The maximum Gasteiger partial charge on any atom is 0.305 e. The number of halogens is 1. The molecule has 0 saturated carbocycles. The Hall–Kier alpha value is -1.62. The highest BCUT2D eigenvalue weighted by molar-refractivity contribution is 9.10. The highest BCUT2D eigenvalue weighted by Crippen LogP contribution is 2.29. The van der Waals surface area contributed by atoms with E-state index >= 15 is 0 Å². The average molecular weight is 324 g/mol. The van der Waals surface area contributed by atoms with Gasteiger partial charge in [-0.15, -0.1) is 0 Å². The van der Waals surface area contributed by atoms with Crippen molar-refractivity contribution in [2.75, 3.05) is 13.7 Å². The highest BCUT2D eigenvalue weighted by atomic mass is 79.9. The summed E-state index contributed by atoms with van der Waals surface area (Å²) in [5.41, 5.74) is 0.815. The van der Waals surface area contributed by atoms with Crippen LogP contribution in [-0.4, -0.2) is 24.7 Å². The van der Waals surface area contributed by atoms with Crippen molar-refractivity contribution in [1.29, 1.82) is 0 Å². The van der Waals surface area contributed by atoms with E-state index in [1.807, 2.05) is 24.3 Å². The van der Waals surface area contributed by atoms with Crippen LogP contribution in [0.4, 0.5) is 0 Å². The van der Waals surface area contributed by atoms with Crippen molar-refractivity contribution in [1.82, 2.24) is 4.98 Å². The summed E-state index contributed by atoms with van der Waals surface area (Å²) in [6, 6.07) is 7.67. The molecule has 0 atom stereocenters. The number of carbonyl (C=O) groups excluding carboxylic acids is 1. The van der Waals surface area contributed by atoms with Crippen LogP contribution in [-0.2, 0) is 9.53 Å². The monoisotopic (exact) mass is 323 g/mol. The number of pyridine rings is 1. The molecule has 1 aromatic heterocycles. The van der Waals surface area contributed by atoms with Crippen LogP contribution in [0, 0.1) is 0 Å². The Bertz CT molecular complexity index is 586. The fraction of sp³-hybridized carbons (Fsp3) is 0.286. The molecule has 4 nitrogen and oxygen atoms in total. The lowest BCUT2D eigenvalue weighted by Gasteiger charge is -2.09. The summed E-state index contributed by atoms with van der Waals surface area (Å²) in [6.45, 7) is 0.461. The Labute approximate surface area is 119 Å². The zero-order valence-corrected chi connectivity index (χ0v) is 12.1. The molecule has 5 heteroatoms. The molecule has 1 aromatic carbocycles. The van der Waals surface area contributed by atoms with Gasteiger partial charge in [0.25, 0.3) is 0 Å². The number of rotatable bonds is 5. The Morgan fingerprint density at radius 2 is 2.21 bits per heavy atom. The lowest BCUT2D eigenvalue weighted by molar-refractivity contribution is -0.140. The summed E-state index contributed by atoms with van der Waals surface area (Å²) >= 11 is 3.48. The normalized spacial score (nSPS) is 10.4. The van der Waals surface area contributed by atoms with Gasteiger partial charge in [-0.2, -0.15) is 0 Å². The summed E-state index contributed by atoms with van der Waals surface area (Å²) in [7, 11) is 1.38. The number of fused-ring (bicyclic) bond motifs is 1. The van der Waals surface area contributed by atoms with Gasteiger partial charge >= 0.3 is 5.97 Å². The van der Waals surface area contributed by atoms with Gasteiger partial charge in [0.2, 0.25) is 0 Å². The zero-order valence-electron chi connectivity index (χ0n) is 10.6. The molecule has 0 N–H and O–H groups in total. The van der Waals surface area contributed by atoms with Gasteiger partial charge in [-0.25, -0.2) is 0 Å². The molecule has 0 fully saturated rings. The van der Waals surface area contributed by atoms with Crippen LogP contribution in [0.15, 0.2) is 34.9 Å². The third kappa shape index (κ3) is 3.44. The predicted molar refractivity (Wildman–Crippen MR) is 76.2 cm³/mol. The van der Waals surface area contributed by atoms with E-state index in [0.29, 0.717) is 19.4 Å². The van der Waals surface area contributed by atoms with Crippen LogP contribution >= 0.6 is 15.9 Å². The van der Waals surface area contributed by atoms with Gasteiger partial charge in [0.15, 0.2) is 0 Å². The number of ether oxygens (including phenoxy) is 2. The minimum Gasteiger partial charge on any atom is -0.491 e. The van der Waals surface area contributed by atoms with Crippen molar-refractivity contribution in [3.63, 3.8) is 0 Å². The Morgan fingerprint density at radius 1 is 1.37 bits per heavy atom. The van der Waals surface area contributed by atoms with Gasteiger partial charge in [-0.05, 0) is 24.6 Å². The highest BCUT2D eigenvalue weighted by Gasteiger charge is 2.07. The van der Waals surface area contributed by atoms with Crippen LogP contribution in [0.25, 0.3) is 10.9 Å². The first-order chi connectivity index (χ1) is 9.22. The minimum absolute atomic E-state index is 0.220. The second-order valence-corrected chi connectivity index (χ2v) is 4.83. The van der Waals surface area contributed by atoms with E-state index in [4.69, 9.17) is 4.74 Å². The summed E-state index contributed by atoms with van der Waals surface area (Å²) in [5.74, 6) is 0.506. The van der Waals surface area contributed by atoms with Gasteiger partial charge in [0.05, 0.1) is 13.7 Å². The predicted octanol–water partition coefficient (Wildman–Crippen LogP) is 3.33. The lowest BCUT2D eigenvalue weighted by Crippen LogP contribution is -2.04. The maximum atomic E-state index is 11.0. The second-order valence-electron chi connectivity index (χ2n) is 3.97. The van der Waals surface area contributed by atoms with Gasteiger partial charge in [0.1, 0.15) is 11.3 Å². The van der Waals surface area contributed by atoms with E-state index in [1.54, 1.807) is 6.20 Å². The van der Waals surface area contributed by atoms with Crippen molar-refractivity contribution in [3.8, 4) is 5.75 Å². The molecule has 0 spiro atoms. The Morgan fingerprint density at radius 3 is 3.00 bits per heavy atom. The number of benzene rings is 1. The summed E-state index contributed by atoms with van der Waals surface area (Å²) in [4.78, 5) is 15.3. The number of hydrogen-bond donors (Lipinski definition) is 0. The molecule has 2 aromatic rings. The Balaban J connectivity index is 2.05. The molecule has 0 saturated heterocycles. The standard InChI is InChI=1S/C14H14BrNO3/c1-18-13(17)5-3-9-19-12-7-6-11(15)10-4-2-8-16-14(10)12/h2,4,6-8H,3,5,9H2,1H3. The first-order valence-corrected chi connectivity index (χ1v) is 6.74. The smallest absolute Gasteiger partial charge is 0.305 e. The number of esters is 1. The van der Waals surface area contributed by atoms with Crippen LogP contribution in [0.5, 0.6) is 5.75 Å². The molecule has 0 aliphatic rings. The van der Waals surface area contributed by atoms with E-state index in [2.05, 4.69) is 25.7 Å². The van der Waals surface area contributed by atoms with Crippen LogP contribution < -0.4 is 4.74 Å². The number of carbonyl (C=O) groups is 1. The average Bonchev–Trinajstić information content (AvgIpc) is 2.45. The zero-order chi connectivity index (χ0) is 13.7. The van der Waals surface area contributed by atoms with E-state index in [1.165, 1.54) is 7.11 Å². The Kier molecular flexibility index (Phi) is 4.74. The summed E-state index contributed by atoms with van der Waals surface area (Å²) in [5, 5.41) is 1.01. The van der Waals surface area contributed by atoms with Crippen molar-refractivity contribution in [2.24, 2.45) is 0 Å². The fourth-order valence-corrected chi connectivity index (χ4v) is 2.18. The molecule has 0 bridgehead atoms. The second kappa shape index (κ2) is 6.52. The van der Waals surface area contributed by atoms with E-state index in [-0.39, 0.29) is 5.97 Å². The molecule has 100 valence electrons. The quantitative estimate of drug-likeness (QED) is 0.625. The van der Waals surface area contributed by atoms with Crippen molar-refractivity contribution >= 4 is 32.8 Å². The molecule has 0 amide bonds. The first-order valence-electron chi connectivity index (χ1n) is 5.95. The molecular weight excluding hydrogens is 310 g/mol. The number of aromatic nitrogens is 1. The summed E-state index contributed by atoms with van der Waals surface area (Å²) < 4.78 is 11.2. The SMILES string of the molecule is COC(=O)CCCOc1ccc(Br)c2cccnc12. The van der Waals surface area contributed by atoms with Crippen LogP contribution in [0.3, 0.4) is 0 Å². The van der Waals surface area contributed by atoms with Gasteiger partial charge in [-0.3, -0.25) is 9.78 Å². The molecule has 2 rings (SSSR count). The van der Waals surface area contributed by atoms with Crippen LogP contribution in [0.1, 0.15) is 12.8 Å². The molecule has 0 aliphatic carbocycles. The third-order valence-electron chi connectivity index (χ3n) is 2.69. The molecule has 19 heavy (non-hydrogen) atoms. The van der Waals surface area contributed by atoms with E-state index in [9.17, 15) is 4.79 Å².